The van der Waals surface area contributed by atoms with E-state index in [1.807, 2.05) is 6.92 Å². The van der Waals surface area contributed by atoms with Crippen LogP contribution in [0, 0.1) is 6.92 Å². The lowest BCUT2D eigenvalue weighted by Crippen LogP contribution is -2.24. The molecule has 0 radical (unpaired) electrons. The van der Waals surface area contributed by atoms with Crippen molar-refractivity contribution < 1.29 is 15.0 Å². The van der Waals surface area contributed by atoms with Crippen molar-refractivity contribution in [2.75, 3.05) is 0 Å². The van der Waals surface area contributed by atoms with E-state index in [4.69, 9.17) is 0 Å². The number of hydrogen-bond donors (Lipinski definition) is 3. The molecule has 136 valence electrons. The standard InChI is InChI=1S/C20H23N3O3/c1-12-4-3-5-15(6-12)18-16(24)7-13(2)17(19(18)25)20(26)23-10-14-8-21-11-22-9-14/h6-9,11,15,24-25H,3-5,10H2,1-2H3,(H,23,26). The zero-order valence-corrected chi connectivity index (χ0v) is 15.0. The quantitative estimate of drug-likeness (QED) is 0.733. The highest BCUT2D eigenvalue weighted by Gasteiger charge is 2.26. The van der Waals surface area contributed by atoms with Crippen LogP contribution in [0.25, 0.3) is 0 Å². The molecule has 0 fully saturated rings. The lowest BCUT2D eigenvalue weighted by atomic mass is 9.83. The molecule has 2 aromatic rings. The van der Waals surface area contributed by atoms with Crippen LogP contribution >= 0.6 is 0 Å². The van der Waals surface area contributed by atoms with E-state index in [0.29, 0.717) is 11.1 Å². The molecule has 0 saturated carbocycles. The molecule has 1 atom stereocenters. The summed E-state index contributed by atoms with van der Waals surface area (Å²) >= 11 is 0. The maximum Gasteiger partial charge on any atom is 0.255 e. The number of phenolic OH excluding ortho intramolecular Hbond substituents is 2. The van der Waals surface area contributed by atoms with Gasteiger partial charge in [-0.15, -0.1) is 0 Å². The van der Waals surface area contributed by atoms with E-state index in [2.05, 4.69) is 21.4 Å². The van der Waals surface area contributed by atoms with Gasteiger partial charge in [-0.2, -0.15) is 0 Å². The first-order chi connectivity index (χ1) is 12.5. The number of hydrogen-bond acceptors (Lipinski definition) is 5. The van der Waals surface area contributed by atoms with E-state index in [1.54, 1.807) is 25.4 Å². The molecule has 1 aliphatic rings. The average Bonchev–Trinajstić information content (AvgIpc) is 2.60. The summed E-state index contributed by atoms with van der Waals surface area (Å²) in [6.45, 7) is 4.01. The van der Waals surface area contributed by atoms with Gasteiger partial charge in [0, 0.05) is 36.0 Å². The highest BCUT2D eigenvalue weighted by Crippen LogP contribution is 2.43. The maximum absolute atomic E-state index is 12.7. The second-order valence-electron chi connectivity index (χ2n) is 6.79. The van der Waals surface area contributed by atoms with E-state index < -0.39 is 0 Å². The van der Waals surface area contributed by atoms with Crippen molar-refractivity contribution >= 4 is 5.91 Å². The third kappa shape index (κ3) is 3.69. The van der Waals surface area contributed by atoms with Gasteiger partial charge in [-0.25, -0.2) is 9.97 Å². The number of nitrogens with one attached hydrogen (secondary N) is 1. The fourth-order valence-electron chi connectivity index (χ4n) is 3.48. The highest BCUT2D eigenvalue weighted by molar-refractivity contribution is 5.99. The molecular weight excluding hydrogens is 330 g/mol. The molecule has 1 aromatic heterocycles. The molecule has 0 saturated heterocycles. The fourth-order valence-corrected chi connectivity index (χ4v) is 3.48. The maximum atomic E-state index is 12.7. The molecule has 3 rings (SSSR count). The number of phenols is 2. The SMILES string of the molecule is CC1=CC(c2c(O)cc(C)c(C(=O)NCc3cncnc3)c2O)CCC1. The van der Waals surface area contributed by atoms with Gasteiger partial charge >= 0.3 is 0 Å². The second kappa shape index (κ2) is 7.56. The van der Waals surface area contributed by atoms with Crippen LogP contribution in [0.15, 0.2) is 36.4 Å². The third-order valence-electron chi connectivity index (χ3n) is 4.75. The van der Waals surface area contributed by atoms with Gasteiger partial charge in [0.15, 0.2) is 0 Å². The normalized spacial score (nSPS) is 16.8. The predicted molar refractivity (Wildman–Crippen MR) is 98.1 cm³/mol. The third-order valence-corrected chi connectivity index (χ3v) is 4.75. The number of aromatic nitrogens is 2. The number of amides is 1. The van der Waals surface area contributed by atoms with Gasteiger partial charge in [0.25, 0.3) is 5.91 Å². The summed E-state index contributed by atoms with van der Waals surface area (Å²) in [6.07, 6.45) is 9.59. The molecule has 3 N–H and O–H groups in total. The molecule has 6 heteroatoms. The largest absolute Gasteiger partial charge is 0.507 e. The smallest absolute Gasteiger partial charge is 0.255 e. The zero-order chi connectivity index (χ0) is 18.7. The number of rotatable bonds is 4. The summed E-state index contributed by atoms with van der Waals surface area (Å²) in [6, 6.07) is 1.55. The molecular formula is C20H23N3O3. The summed E-state index contributed by atoms with van der Waals surface area (Å²) in [4.78, 5) is 20.5. The Hall–Kier alpha value is -2.89. The minimum absolute atomic E-state index is 0.0314. The number of carbonyl (C=O) groups is 1. The summed E-state index contributed by atoms with van der Waals surface area (Å²) in [5.74, 6) is -0.579. The van der Waals surface area contributed by atoms with Crippen molar-refractivity contribution in [3.63, 3.8) is 0 Å². The van der Waals surface area contributed by atoms with Crippen molar-refractivity contribution in [1.82, 2.24) is 15.3 Å². The molecule has 1 unspecified atom stereocenters. The van der Waals surface area contributed by atoms with Crippen LogP contribution in [0.5, 0.6) is 11.5 Å². The Kier molecular flexibility index (Phi) is 5.21. The summed E-state index contributed by atoms with van der Waals surface area (Å²) in [7, 11) is 0. The summed E-state index contributed by atoms with van der Waals surface area (Å²) in [5.41, 5.74) is 3.16. The van der Waals surface area contributed by atoms with Gasteiger partial charge in [-0.1, -0.05) is 11.6 Å². The monoisotopic (exact) mass is 353 g/mol. The Morgan fingerprint density at radius 3 is 2.69 bits per heavy atom. The first kappa shape index (κ1) is 17.9. The van der Waals surface area contributed by atoms with Crippen molar-refractivity contribution in [3.05, 3.63) is 58.7 Å². The minimum atomic E-state index is -0.387. The molecule has 0 spiro atoms. The second-order valence-corrected chi connectivity index (χ2v) is 6.79. The van der Waals surface area contributed by atoms with Crippen LogP contribution in [-0.2, 0) is 6.54 Å². The number of allylic oxidation sites excluding steroid dienone is 2. The minimum Gasteiger partial charge on any atom is -0.507 e. The molecule has 1 aliphatic carbocycles. The molecule has 0 aliphatic heterocycles. The first-order valence-electron chi connectivity index (χ1n) is 8.72. The Balaban J connectivity index is 1.90. The Labute approximate surface area is 152 Å². The highest BCUT2D eigenvalue weighted by atomic mass is 16.3. The van der Waals surface area contributed by atoms with Crippen LogP contribution in [0.1, 0.15) is 59.2 Å². The number of aromatic hydroxyl groups is 2. The van der Waals surface area contributed by atoms with Crippen LogP contribution in [0.4, 0.5) is 0 Å². The molecule has 6 nitrogen and oxygen atoms in total. The van der Waals surface area contributed by atoms with Crippen LogP contribution < -0.4 is 5.32 Å². The lowest BCUT2D eigenvalue weighted by Gasteiger charge is -2.23. The molecule has 1 amide bonds. The van der Waals surface area contributed by atoms with E-state index in [0.717, 1.165) is 24.8 Å². The topological polar surface area (TPSA) is 95.3 Å². The molecule has 1 aromatic carbocycles. The Morgan fingerprint density at radius 1 is 1.27 bits per heavy atom. The Bertz CT molecular complexity index is 847. The Morgan fingerprint density at radius 2 is 2.00 bits per heavy atom. The van der Waals surface area contributed by atoms with Crippen molar-refractivity contribution in [1.29, 1.82) is 0 Å². The van der Waals surface area contributed by atoms with E-state index in [1.165, 1.54) is 11.9 Å². The van der Waals surface area contributed by atoms with E-state index in [-0.39, 0.29) is 35.4 Å². The summed E-state index contributed by atoms with van der Waals surface area (Å²) < 4.78 is 0. The average molecular weight is 353 g/mol. The number of benzene rings is 1. The van der Waals surface area contributed by atoms with Crippen LogP contribution in [-0.4, -0.2) is 26.1 Å². The van der Waals surface area contributed by atoms with Gasteiger partial charge in [0.05, 0.1) is 5.56 Å². The molecule has 26 heavy (non-hydrogen) atoms. The van der Waals surface area contributed by atoms with Crippen LogP contribution in [0.3, 0.4) is 0 Å². The van der Waals surface area contributed by atoms with Gasteiger partial charge in [0.2, 0.25) is 0 Å². The van der Waals surface area contributed by atoms with Crippen molar-refractivity contribution in [3.8, 4) is 11.5 Å². The van der Waals surface area contributed by atoms with Crippen LogP contribution in [0.2, 0.25) is 0 Å². The van der Waals surface area contributed by atoms with Gasteiger partial charge in [-0.3, -0.25) is 4.79 Å². The van der Waals surface area contributed by atoms with Crippen molar-refractivity contribution in [2.45, 2.75) is 45.6 Å². The lowest BCUT2D eigenvalue weighted by molar-refractivity contribution is 0.0947. The van der Waals surface area contributed by atoms with E-state index >= 15 is 0 Å². The fraction of sp³-hybridized carbons (Fsp3) is 0.350. The number of aryl methyl sites for hydroxylation is 1. The van der Waals surface area contributed by atoms with Gasteiger partial charge in [-0.05, 0) is 44.7 Å². The predicted octanol–water partition coefficient (Wildman–Crippen LogP) is 3.34. The summed E-state index contributed by atoms with van der Waals surface area (Å²) in [5, 5.41) is 23.9. The zero-order valence-electron chi connectivity index (χ0n) is 15.0. The first-order valence-corrected chi connectivity index (χ1v) is 8.72. The van der Waals surface area contributed by atoms with Crippen molar-refractivity contribution in [2.24, 2.45) is 0 Å². The molecule has 1 heterocycles. The van der Waals surface area contributed by atoms with E-state index in [9.17, 15) is 15.0 Å². The molecule has 0 bridgehead atoms. The van der Waals surface area contributed by atoms with Gasteiger partial charge < -0.3 is 15.5 Å². The number of carbonyl (C=O) groups excluding carboxylic acids is 1. The number of nitrogens with zero attached hydrogens (tertiary/aromatic N) is 2. The van der Waals surface area contributed by atoms with Gasteiger partial charge in [0.1, 0.15) is 17.8 Å².